The van der Waals surface area contributed by atoms with Crippen LogP contribution in [-0.2, 0) is 16.9 Å². The summed E-state index contributed by atoms with van der Waals surface area (Å²) in [7, 11) is 7.01. The van der Waals surface area contributed by atoms with E-state index in [0.717, 1.165) is 52.7 Å². The Kier molecular flexibility index (Phi) is 7.88. The summed E-state index contributed by atoms with van der Waals surface area (Å²) in [5.41, 5.74) is 2.87. The average Bonchev–Trinajstić information content (AvgIpc) is 3.20. The van der Waals surface area contributed by atoms with Gasteiger partial charge in [-0.1, -0.05) is 23.8 Å². The minimum atomic E-state index is -0.936. The normalized spacial score (nSPS) is 22.1. The molecule has 1 aromatic heterocycles. The smallest absolute Gasteiger partial charge is 0.497 e. The molecule has 3 aromatic rings. The van der Waals surface area contributed by atoms with E-state index in [4.69, 9.17) is 14.2 Å². The zero-order chi connectivity index (χ0) is 25.9. The second kappa shape index (κ2) is 10.9. The number of H-pyrrole nitrogens is 1. The van der Waals surface area contributed by atoms with Crippen LogP contribution in [0.15, 0.2) is 42.5 Å². The Hall–Kier alpha value is -3.07. The third kappa shape index (κ3) is 5.51. The van der Waals surface area contributed by atoms with Crippen molar-refractivity contribution in [1.29, 1.82) is 0 Å². The molecule has 1 aliphatic rings. The van der Waals surface area contributed by atoms with E-state index in [-0.39, 0.29) is 12.0 Å². The predicted molar refractivity (Wildman–Crippen MR) is 139 cm³/mol. The Bertz CT molecular complexity index is 1210. The molecule has 1 aliphatic carbocycles. The van der Waals surface area contributed by atoms with Crippen molar-refractivity contribution >= 4 is 17.1 Å². The number of benzene rings is 2. The van der Waals surface area contributed by atoms with Crippen LogP contribution in [0.2, 0.25) is 0 Å². The fourth-order valence-electron chi connectivity index (χ4n) is 5.35. The number of aromatic nitrogens is 1. The molecule has 0 spiro atoms. The third-order valence-electron chi connectivity index (χ3n) is 7.22. The van der Waals surface area contributed by atoms with Crippen LogP contribution in [0.5, 0.6) is 11.6 Å². The van der Waals surface area contributed by atoms with Gasteiger partial charge in [-0.3, -0.25) is 0 Å². The van der Waals surface area contributed by atoms with Gasteiger partial charge in [0.05, 0.1) is 19.8 Å². The van der Waals surface area contributed by atoms with E-state index in [2.05, 4.69) is 21.3 Å². The highest BCUT2D eigenvalue weighted by Crippen LogP contribution is 2.43. The number of aromatic amines is 1. The number of nitrogens with zero attached hydrogens (tertiary/aromatic N) is 1. The third-order valence-corrected chi connectivity index (χ3v) is 7.22. The van der Waals surface area contributed by atoms with Crippen LogP contribution in [0.3, 0.4) is 0 Å². The lowest BCUT2D eigenvalue weighted by molar-refractivity contribution is -0.0694. The van der Waals surface area contributed by atoms with E-state index in [0.29, 0.717) is 18.8 Å². The van der Waals surface area contributed by atoms with Crippen molar-refractivity contribution < 1.29 is 24.1 Å². The van der Waals surface area contributed by atoms with Gasteiger partial charge in [0.15, 0.2) is 0 Å². The molecule has 0 bridgehead atoms. The summed E-state index contributed by atoms with van der Waals surface area (Å²) in [6, 6.07) is 14.1. The number of aliphatic hydroxyl groups is 1. The Balaban J connectivity index is 1.55. The fourth-order valence-corrected chi connectivity index (χ4v) is 5.35. The topological polar surface area (TPSA) is 96.0 Å². The van der Waals surface area contributed by atoms with E-state index in [1.54, 1.807) is 7.11 Å². The molecular formula is C28H37N3O5. The van der Waals surface area contributed by atoms with Crippen LogP contribution >= 0.6 is 0 Å². The average molecular weight is 496 g/mol. The first-order chi connectivity index (χ1) is 17.2. The maximum Gasteiger partial charge on any atom is 0.514 e. The van der Waals surface area contributed by atoms with Gasteiger partial charge in [-0.05, 0) is 70.1 Å². The van der Waals surface area contributed by atoms with Gasteiger partial charge in [-0.2, -0.15) is 0 Å². The Morgan fingerprint density at radius 3 is 2.75 bits per heavy atom. The Morgan fingerprint density at radius 1 is 1.22 bits per heavy atom. The van der Waals surface area contributed by atoms with Gasteiger partial charge >= 0.3 is 6.16 Å². The first-order valence-electron chi connectivity index (χ1n) is 12.4. The second-order valence-electron chi connectivity index (χ2n) is 10.0. The summed E-state index contributed by atoms with van der Waals surface area (Å²) in [4.78, 5) is 17.2. The standard InChI is InChI=1S/C28H37N3O5/c1-18-9-10-25-23(13-18)24(26(30-25)36-27(32)35-5)16-29-21-11-12-28(33,20(14-21)17-31(2)3)19-7-6-8-22(15-19)34-4/h6-10,13,15,20-21,29-30,33H,11-12,14,16-17H2,1-5H3. The molecule has 8 nitrogen and oxygen atoms in total. The van der Waals surface area contributed by atoms with E-state index in [1.165, 1.54) is 7.11 Å². The maximum absolute atomic E-state index is 11.9. The summed E-state index contributed by atoms with van der Waals surface area (Å²) >= 11 is 0. The zero-order valence-corrected chi connectivity index (χ0v) is 21.8. The van der Waals surface area contributed by atoms with Crippen molar-refractivity contribution in [2.75, 3.05) is 34.9 Å². The number of hydrogen-bond donors (Lipinski definition) is 3. The van der Waals surface area contributed by atoms with E-state index < -0.39 is 11.8 Å². The SMILES string of the molecule is COC(=O)Oc1[nH]c2ccc(C)cc2c1CNC1CCC(O)(c2cccc(OC)c2)C(CN(C)C)C1. The molecule has 1 saturated carbocycles. The number of methoxy groups -OCH3 is 2. The molecule has 3 unspecified atom stereocenters. The van der Waals surface area contributed by atoms with Gasteiger partial charge in [0.2, 0.25) is 5.88 Å². The summed E-state index contributed by atoms with van der Waals surface area (Å²) in [5.74, 6) is 1.17. The van der Waals surface area contributed by atoms with Gasteiger partial charge < -0.3 is 34.5 Å². The molecule has 3 N–H and O–H groups in total. The number of fused-ring (bicyclic) bond motifs is 1. The van der Waals surface area contributed by atoms with Gasteiger partial charge in [0, 0.05) is 41.5 Å². The van der Waals surface area contributed by atoms with Crippen LogP contribution in [0.1, 0.15) is 36.0 Å². The van der Waals surface area contributed by atoms with Crippen molar-refractivity contribution in [2.45, 2.75) is 44.4 Å². The fraction of sp³-hybridized carbons (Fsp3) is 0.464. The molecule has 1 fully saturated rings. The molecule has 194 valence electrons. The van der Waals surface area contributed by atoms with Crippen LogP contribution < -0.4 is 14.8 Å². The Labute approximate surface area is 212 Å². The van der Waals surface area contributed by atoms with Crippen molar-refractivity contribution in [3.8, 4) is 11.6 Å². The number of nitrogens with one attached hydrogen (secondary N) is 2. The molecule has 36 heavy (non-hydrogen) atoms. The van der Waals surface area contributed by atoms with E-state index in [9.17, 15) is 9.90 Å². The van der Waals surface area contributed by atoms with Crippen LogP contribution in [0.25, 0.3) is 10.9 Å². The molecule has 1 heterocycles. The number of carbonyl (C=O) groups is 1. The molecule has 2 aromatic carbocycles. The van der Waals surface area contributed by atoms with Crippen molar-refractivity contribution in [3.05, 3.63) is 59.2 Å². The lowest BCUT2D eigenvalue weighted by Gasteiger charge is -2.45. The number of rotatable bonds is 8. The minimum Gasteiger partial charge on any atom is -0.497 e. The molecule has 3 atom stereocenters. The number of aryl methyl sites for hydroxylation is 1. The monoisotopic (exact) mass is 495 g/mol. The minimum absolute atomic E-state index is 0.0295. The summed E-state index contributed by atoms with van der Waals surface area (Å²) in [6.45, 7) is 3.32. The highest BCUT2D eigenvalue weighted by molar-refractivity contribution is 5.87. The quantitative estimate of drug-likeness (QED) is 0.400. The van der Waals surface area contributed by atoms with Crippen molar-refractivity contribution in [2.24, 2.45) is 5.92 Å². The van der Waals surface area contributed by atoms with Crippen molar-refractivity contribution in [1.82, 2.24) is 15.2 Å². The maximum atomic E-state index is 11.9. The lowest BCUT2D eigenvalue weighted by atomic mass is 9.69. The highest BCUT2D eigenvalue weighted by atomic mass is 16.7. The molecule has 0 radical (unpaired) electrons. The van der Waals surface area contributed by atoms with E-state index in [1.807, 2.05) is 57.4 Å². The largest absolute Gasteiger partial charge is 0.514 e. The van der Waals surface area contributed by atoms with Crippen molar-refractivity contribution in [3.63, 3.8) is 0 Å². The molecular weight excluding hydrogens is 458 g/mol. The first kappa shape index (κ1) is 26.0. The van der Waals surface area contributed by atoms with Gasteiger partial charge in [-0.15, -0.1) is 0 Å². The van der Waals surface area contributed by atoms with Gasteiger partial charge in [0.1, 0.15) is 5.75 Å². The highest BCUT2D eigenvalue weighted by Gasteiger charge is 2.43. The Morgan fingerprint density at radius 2 is 2.03 bits per heavy atom. The summed E-state index contributed by atoms with van der Waals surface area (Å²) in [6.07, 6.45) is 1.49. The predicted octanol–water partition coefficient (Wildman–Crippen LogP) is 4.34. The first-order valence-corrected chi connectivity index (χ1v) is 12.4. The zero-order valence-electron chi connectivity index (χ0n) is 21.8. The van der Waals surface area contributed by atoms with Crippen LogP contribution in [0, 0.1) is 12.8 Å². The number of carbonyl (C=O) groups excluding carboxylic acids is 1. The molecule has 0 saturated heterocycles. The number of ether oxygens (including phenoxy) is 3. The van der Waals surface area contributed by atoms with Gasteiger partial charge in [0.25, 0.3) is 0 Å². The molecule has 8 heteroatoms. The van der Waals surface area contributed by atoms with Crippen LogP contribution in [-0.4, -0.2) is 62.0 Å². The van der Waals surface area contributed by atoms with Gasteiger partial charge in [-0.25, -0.2) is 4.79 Å². The molecule has 0 amide bonds. The summed E-state index contributed by atoms with van der Waals surface area (Å²) in [5, 5.41) is 16.6. The molecule has 4 rings (SSSR count). The van der Waals surface area contributed by atoms with E-state index >= 15 is 0 Å². The number of hydrogen-bond acceptors (Lipinski definition) is 7. The second-order valence-corrected chi connectivity index (χ2v) is 10.0. The van der Waals surface area contributed by atoms with Crippen LogP contribution in [0.4, 0.5) is 4.79 Å². The summed E-state index contributed by atoms with van der Waals surface area (Å²) < 4.78 is 15.6. The molecule has 0 aliphatic heterocycles. The lowest BCUT2D eigenvalue weighted by Crippen LogP contribution is -2.49.